The fourth-order valence-corrected chi connectivity index (χ4v) is 3.76. The zero-order valence-corrected chi connectivity index (χ0v) is 19.0. The monoisotopic (exact) mass is 391 g/mol. The summed E-state index contributed by atoms with van der Waals surface area (Å²) in [5.41, 5.74) is 0. The molecule has 1 aliphatic heterocycles. The van der Waals surface area contributed by atoms with Crippen LogP contribution in [0.15, 0.2) is 4.99 Å². The average molecular weight is 392 g/mol. The van der Waals surface area contributed by atoms with Crippen LogP contribution in [0.2, 0.25) is 0 Å². The highest BCUT2D eigenvalue weighted by Gasteiger charge is 2.23. The van der Waals surface area contributed by atoms with E-state index in [0.29, 0.717) is 24.0 Å². The van der Waals surface area contributed by atoms with Crippen molar-refractivity contribution in [3.8, 4) is 0 Å². The van der Waals surface area contributed by atoms with E-state index in [1.54, 1.807) is 0 Å². The molecule has 0 saturated heterocycles. The largest absolute Gasteiger partial charge is 0.357 e. The molecule has 2 N–H and O–H groups in total. The van der Waals surface area contributed by atoms with Crippen molar-refractivity contribution in [3.05, 3.63) is 11.6 Å². The van der Waals surface area contributed by atoms with Gasteiger partial charge in [0.15, 0.2) is 11.8 Å². The van der Waals surface area contributed by atoms with Crippen molar-refractivity contribution >= 4 is 5.96 Å². The minimum atomic E-state index is 0.342. The van der Waals surface area contributed by atoms with Gasteiger partial charge in [-0.3, -0.25) is 9.89 Å². The van der Waals surface area contributed by atoms with Crippen molar-refractivity contribution < 1.29 is 0 Å². The highest BCUT2D eigenvalue weighted by atomic mass is 15.4. The smallest absolute Gasteiger partial charge is 0.191 e. The van der Waals surface area contributed by atoms with Crippen LogP contribution in [0.25, 0.3) is 0 Å². The van der Waals surface area contributed by atoms with Gasteiger partial charge >= 0.3 is 0 Å². The Morgan fingerprint density at radius 2 is 1.93 bits per heavy atom. The van der Waals surface area contributed by atoms with E-state index in [2.05, 4.69) is 78.8 Å². The fraction of sp³-hybridized carbons (Fsp3) is 0.857. The molecule has 7 heteroatoms. The summed E-state index contributed by atoms with van der Waals surface area (Å²) in [7, 11) is 0. The van der Waals surface area contributed by atoms with E-state index >= 15 is 0 Å². The molecule has 0 amide bonds. The lowest BCUT2D eigenvalue weighted by atomic mass is 10.1. The molecular formula is C21H41N7. The zero-order valence-electron chi connectivity index (χ0n) is 19.0. The first-order valence-electron chi connectivity index (χ1n) is 11.1. The van der Waals surface area contributed by atoms with Crippen LogP contribution < -0.4 is 10.6 Å². The first-order valence-corrected chi connectivity index (χ1v) is 11.1. The quantitative estimate of drug-likeness (QED) is 0.385. The molecule has 7 nitrogen and oxygen atoms in total. The predicted octanol–water partition coefficient (Wildman–Crippen LogP) is 2.78. The lowest BCUT2D eigenvalue weighted by Gasteiger charge is -2.30. The molecule has 0 spiro atoms. The molecule has 2 rings (SSSR count). The molecule has 1 unspecified atom stereocenters. The minimum absolute atomic E-state index is 0.342. The number of aryl methyl sites for hydroxylation is 1. The van der Waals surface area contributed by atoms with Gasteiger partial charge in [0.1, 0.15) is 5.82 Å². The molecule has 1 aromatic heterocycles. The Bertz CT molecular complexity index is 610. The summed E-state index contributed by atoms with van der Waals surface area (Å²) in [6.45, 7) is 19.1. The fourth-order valence-electron chi connectivity index (χ4n) is 3.76. The third-order valence-corrected chi connectivity index (χ3v) is 5.25. The van der Waals surface area contributed by atoms with E-state index in [1.165, 1.54) is 0 Å². The first kappa shape index (κ1) is 22.7. The third-order valence-electron chi connectivity index (χ3n) is 5.25. The van der Waals surface area contributed by atoms with Crippen LogP contribution in [0.5, 0.6) is 0 Å². The molecule has 1 atom stereocenters. The second kappa shape index (κ2) is 10.8. The van der Waals surface area contributed by atoms with E-state index in [0.717, 1.165) is 63.0 Å². The van der Waals surface area contributed by atoms with E-state index in [4.69, 9.17) is 4.99 Å². The van der Waals surface area contributed by atoms with Crippen LogP contribution in [-0.2, 0) is 13.0 Å². The maximum atomic E-state index is 4.81. The van der Waals surface area contributed by atoms with Gasteiger partial charge < -0.3 is 10.6 Å². The van der Waals surface area contributed by atoms with Crippen molar-refractivity contribution in [3.63, 3.8) is 0 Å². The number of nitrogens with one attached hydrogen (secondary N) is 2. The number of hydrogen-bond donors (Lipinski definition) is 2. The zero-order chi connectivity index (χ0) is 20.7. The molecule has 0 aliphatic carbocycles. The van der Waals surface area contributed by atoms with Crippen LogP contribution in [0, 0.1) is 0 Å². The third kappa shape index (κ3) is 6.47. The van der Waals surface area contributed by atoms with E-state index in [1.807, 2.05) is 0 Å². The Morgan fingerprint density at radius 1 is 1.21 bits per heavy atom. The molecule has 0 fully saturated rings. The number of guanidine groups is 1. The van der Waals surface area contributed by atoms with Gasteiger partial charge in [-0.1, -0.05) is 13.8 Å². The summed E-state index contributed by atoms with van der Waals surface area (Å²) >= 11 is 0. The standard InChI is InChI=1S/C21H41N7/c1-8-22-21(23-12-9-13-27(16(4)5)17(6)7)24-18-10-11-19-25-20(15(2)3)26-28(19)14-18/h15-18H,8-14H2,1-7H3,(H2,22,23,24). The average Bonchev–Trinajstić information content (AvgIpc) is 3.04. The molecule has 160 valence electrons. The normalized spacial score (nSPS) is 17.7. The highest BCUT2D eigenvalue weighted by Crippen LogP contribution is 2.17. The Labute approximate surface area is 171 Å². The molecule has 0 radical (unpaired) electrons. The topological polar surface area (TPSA) is 70.4 Å². The number of aliphatic imine (C=N–C) groups is 1. The Morgan fingerprint density at radius 3 is 2.54 bits per heavy atom. The van der Waals surface area contributed by atoms with E-state index in [-0.39, 0.29) is 0 Å². The molecule has 1 aliphatic rings. The molecule has 0 saturated carbocycles. The second-order valence-corrected chi connectivity index (χ2v) is 8.64. The van der Waals surface area contributed by atoms with Gasteiger partial charge in [0, 0.05) is 50.1 Å². The van der Waals surface area contributed by atoms with Crippen LogP contribution in [0.1, 0.15) is 78.9 Å². The molecule has 2 heterocycles. The lowest BCUT2D eigenvalue weighted by molar-refractivity contribution is 0.174. The maximum Gasteiger partial charge on any atom is 0.191 e. The van der Waals surface area contributed by atoms with Crippen molar-refractivity contribution in [1.29, 1.82) is 0 Å². The van der Waals surface area contributed by atoms with E-state index < -0.39 is 0 Å². The summed E-state index contributed by atoms with van der Waals surface area (Å²) < 4.78 is 2.07. The van der Waals surface area contributed by atoms with Gasteiger partial charge in [-0.25, -0.2) is 9.67 Å². The highest BCUT2D eigenvalue weighted by molar-refractivity contribution is 5.80. The molecule has 0 bridgehead atoms. The molecule has 1 aromatic rings. The van der Waals surface area contributed by atoms with Crippen molar-refractivity contribution in [2.45, 2.75) is 98.3 Å². The summed E-state index contributed by atoms with van der Waals surface area (Å²) in [6.07, 6.45) is 3.10. The summed E-state index contributed by atoms with van der Waals surface area (Å²) in [5, 5.41) is 11.7. The predicted molar refractivity (Wildman–Crippen MR) is 117 cm³/mol. The van der Waals surface area contributed by atoms with Gasteiger partial charge in [-0.2, -0.15) is 5.10 Å². The summed E-state index contributed by atoms with van der Waals surface area (Å²) in [5.74, 6) is 3.36. The van der Waals surface area contributed by atoms with Crippen LogP contribution in [0.4, 0.5) is 0 Å². The van der Waals surface area contributed by atoms with Gasteiger partial charge in [-0.15, -0.1) is 0 Å². The molecule has 0 aromatic carbocycles. The Kier molecular flexibility index (Phi) is 8.73. The lowest BCUT2D eigenvalue weighted by Crippen LogP contribution is -2.47. The number of hydrogen-bond acceptors (Lipinski definition) is 4. The number of rotatable bonds is 9. The van der Waals surface area contributed by atoms with Crippen LogP contribution >= 0.6 is 0 Å². The van der Waals surface area contributed by atoms with Crippen molar-refractivity contribution in [2.24, 2.45) is 4.99 Å². The van der Waals surface area contributed by atoms with Gasteiger partial charge in [0.25, 0.3) is 0 Å². The summed E-state index contributed by atoms with van der Waals surface area (Å²) in [6, 6.07) is 1.49. The van der Waals surface area contributed by atoms with E-state index in [9.17, 15) is 0 Å². The Balaban J connectivity index is 1.88. The van der Waals surface area contributed by atoms with Gasteiger partial charge in [0.05, 0.1) is 6.54 Å². The van der Waals surface area contributed by atoms with Gasteiger partial charge in [0.2, 0.25) is 0 Å². The van der Waals surface area contributed by atoms with Gasteiger partial charge in [-0.05, 0) is 47.5 Å². The number of fused-ring (bicyclic) bond motifs is 1. The minimum Gasteiger partial charge on any atom is -0.357 e. The summed E-state index contributed by atoms with van der Waals surface area (Å²) in [4.78, 5) is 12.0. The molecule has 28 heavy (non-hydrogen) atoms. The van der Waals surface area contributed by atoms with Crippen LogP contribution in [0.3, 0.4) is 0 Å². The maximum absolute atomic E-state index is 4.81. The first-order chi connectivity index (χ1) is 13.3. The molecular weight excluding hydrogens is 350 g/mol. The Hall–Kier alpha value is -1.63. The second-order valence-electron chi connectivity index (χ2n) is 8.64. The number of aromatic nitrogens is 3. The SMILES string of the molecule is CCNC(=NCCCN(C(C)C)C(C)C)NC1CCc2nc(C(C)C)nn2C1. The van der Waals surface area contributed by atoms with Crippen molar-refractivity contribution in [1.82, 2.24) is 30.3 Å². The van der Waals surface area contributed by atoms with Crippen molar-refractivity contribution in [2.75, 3.05) is 19.6 Å². The number of nitrogens with zero attached hydrogens (tertiary/aromatic N) is 5. The van der Waals surface area contributed by atoms with Crippen LogP contribution in [-0.4, -0.2) is 63.4 Å².